The average Bonchev–Trinajstić information content (AvgIpc) is 3.33. The third-order valence-corrected chi connectivity index (χ3v) is 8.19. The molecule has 1 saturated heterocycles. The molecule has 0 saturated carbocycles. The lowest BCUT2D eigenvalue weighted by molar-refractivity contribution is 0.136. The van der Waals surface area contributed by atoms with Gasteiger partial charge in [-0.3, -0.25) is 19.7 Å². The van der Waals surface area contributed by atoms with Crippen molar-refractivity contribution in [1.82, 2.24) is 25.0 Å². The van der Waals surface area contributed by atoms with E-state index in [-0.39, 0.29) is 5.56 Å². The summed E-state index contributed by atoms with van der Waals surface area (Å²) in [5, 5.41) is 19.1. The van der Waals surface area contributed by atoms with E-state index >= 15 is 0 Å². The number of allylic oxidation sites excluding steroid dienone is 2. The highest BCUT2D eigenvalue weighted by molar-refractivity contribution is 5.59. The zero-order valence-corrected chi connectivity index (χ0v) is 23.5. The molecule has 2 aromatic heterocycles. The van der Waals surface area contributed by atoms with Gasteiger partial charge in [0, 0.05) is 74.5 Å². The van der Waals surface area contributed by atoms with Gasteiger partial charge in [-0.15, -0.1) is 0 Å². The van der Waals surface area contributed by atoms with Crippen LogP contribution in [0.2, 0.25) is 0 Å². The zero-order chi connectivity index (χ0) is 27.4. The maximum absolute atomic E-state index is 12.7. The zero-order valence-electron chi connectivity index (χ0n) is 23.5. The molecule has 208 valence electrons. The van der Waals surface area contributed by atoms with Gasteiger partial charge in [0.2, 0.25) is 0 Å². The highest BCUT2D eigenvalue weighted by Gasteiger charge is 2.27. The second-order valence-electron chi connectivity index (χ2n) is 10.9. The second kappa shape index (κ2) is 12.3. The first-order chi connectivity index (χ1) is 18.9. The lowest BCUT2D eigenvalue weighted by atomic mass is 9.95. The van der Waals surface area contributed by atoms with Crippen LogP contribution in [-0.2, 0) is 33.0 Å². The van der Waals surface area contributed by atoms with Gasteiger partial charge < -0.3 is 15.0 Å². The number of likely N-dealkylation sites (tertiary alicyclic amines) is 1. The number of fused-ring (bicyclic) bond motifs is 2. The Morgan fingerprint density at radius 1 is 1.15 bits per heavy atom. The van der Waals surface area contributed by atoms with E-state index in [4.69, 9.17) is 0 Å². The molecular formula is C31H42N6O2. The molecule has 1 atom stereocenters. The number of H-pyrrole nitrogens is 1. The third-order valence-electron chi connectivity index (χ3n) is 8.19. The number of aliphatic hydroxyl groups excluding tert-OH is 1. The number of benzene rings is 1. The third kappa shape index (κ3) is 6.35. The minimum atomic E-state index is -0.861. The molecule has 1 unspecified atom stereocenters. The molecule has 2 aliphatic rings. The molecule has 5 rings (SSSR count). The SMILES string of the molecule is CCN(c1cccc2c1CC=CCCc1cc(C)[nH]c(=O)c1CNC2O)C1CCN(Cc2ccn(C)n2)CC1. The van der Waals surface area contributed by atoms with Gasteiger partial charge in [0.05, 0.1) is 5.69 Å². The van der Waals surface area contributed by atoms with Crippen molar-refractivity contribution >= 4 is 5.69 Å². The molecular weight excluding hydrogens is 488 g/mol. The first-order valence-corrected chi connectivity index (χ1v) is 14.3. The highest BCUT2D eigenvalue weighted by atomic mass is 16.3. The van der Waals surface area contributed by atoms with Crippen molar-refractivity contribution in [3.8, 4) is 0 Å². The first-order valence-electron chi connectivity index (χ1n) is 14.3. The Morgan fingerprint density at radius 3 is 2.72 bits per heavy atom. The lowest BCUT2D eigenvalue weighted by Crippen LogP contribution is -2.45. The molecule has 4 heterocycles. The van der Waals surface area contributed by atoms with Crippen molar-refractivity contribution in [3.63, 3.8) is 0 Å². The van der Waals surface area contributed by atoms with Crippen molar-refractivity contribution in [2.75, 3.05) is 24.5 Å². The van der Waals surface area contributed by atoms with Crippen LogP contribution in [0.3, 0.4) is 0 Å². The summed E-state index contributed by atoms with van der Waals surface area (Å²) in [5.41, 5.74) is 6.91. The molecule has 0 bridgehead atoms. The van der Waals surface area contributed by atoms with E-state index in [0.29, 0.717) is 18.2 Å². The van der Waals surface area contributed by atoms with Crippen LogP contribution in [-0.4, -0.2) is 50.4 Å². The highest BCUT2D eigenvalue weighted by Crippen LogP contribution is 2.32. The Morgan fingerprint density at radius 2 is 1.97 bits per heavy atom. The van der Waals surface area contributed by atoms with E-state index in [1.54, 1.807) is 0 Å². The van der Waals surface area contributed by atoms with Crippen LogP contribution in [0.5, 0.6) is 0 Å². The summed E-state index contributed by atoms with van der Waals surface area (Å²) in [5.74, 6) is 0. The predicted octanol–water partition coefficient (Wildman–Crippen LogP) is 3.73. The van der Waals surface area contributed by atoms with Crippen LogP contribution in [0.1, 0.15) is 66.1 Å². The molecule has 2 aliphatic heterocycles. The summed E-state index contributed by atoms with van der Waals surface area (Å²) in [7, 11) is 1.97. The van der Waals surface area contributed by atoms with Crippen molar-refractivity contribution in [2.45, 2.75) is 71.3 Å². The second-order valence-corrected chi connectivity index (χ2v) is 10.9. The normalized spacial score (nSPS) is 19.1. The Labute approximate surface area is 231 Å². The minimum Gasteiger partial charge on any atom is -0.374 e. The molecule has 8 heteroatoms. The van der Waals surface area contributed by atoms with Crippen molar-refractivity contribution < 1.29 is 5.11 Å². The smallest absolute Gasteiger partial charge is 0.252 e. The Hall–Kier alpha value is -3.20. The molecule has 8 nitrogen and oxygen atoms in total. The standard InChI is InChI=1S/C31H42N6O2/c1-4-37(25-14-17-36(18-15-25)21-24-13-16-35(3)34-24)29-12-8-11-27-26(29)10-7-5-6-9-23-19-22(2)33-31(39)28(23)20-32-30(27)38/h5,7-8,11-13,16,19,25,30,32,38H,4,6,9-10,14-15,17-18,20-21H2,1-3H3,(H,33,39). The number of aryl methyl sites for hydroxylation is 3. The summed E-state index contributed by atoms with van der Waals surface area (Å²) >= 11 is 0. The predicted molar refractivity (Wildman–Crippen MR) is 156 cm³/mol. The quantitative estimate of drug-likeness (QED) is 0.436. The van der Waals surface area contributed by atoms with Gasteiger partial charge in [-0.25, -0.2) is 0 Å². The maximum Gasteiger partial charge on any atom is 0.252 e. The number of piperidine rings is 1. The van der Waals surface area contributed by atoms with E-state index in [1.165, 1.54) is 5.69 Å². The summed E-state index contributed by atoms with van der Waals surface area (Å²) in [6.45, 7) is 8.37. The maximum atomic E-state index is 12.7. The molecule has 39 heavy (non-hydrogen) atoms. The van der Waals surface area contributed by atoms with E-state index < -0.39 is 6.23 Å². The monoisotopic (exact) mass is 530 g/mol. The average molecular weight is 531 g/mol. The molecule has 0 aliphatic carbocycles. The van der Waals surface area contributed by atoms with Crippen LogP contribution in [0.15, 0.2) is 53.5 Å². The van der Waals surface area contributed by atoms with Crippen LogP contribution < -0.4 is 15.8 Å². The fourth-order valence-corrected chi connectivity index (χ4v) is 6.20. The van der Waals surface area contributed by atoms with Crippen molar-refractivity contribution in [2.24, 2.45) is 7.05 Å². The molecule has 0 amide bonds. The van der Waals surface area contributed by atoms with Gasteiger partial charge in [-0.05, 0) is 75.3 Å². The fraction of sp³-hybridized carbons (Fsp3) is 0.484. The number of nitrogens with zero attached hydrogens (tertiary/aromatic N) is 4. The van der Waals surface area contributed by atoms with E-state index in [0.717, 1.165) is 86.4 Å². The molecule has 1 aromatic carbocycles. The van der Waals surface area contributed by atoms with E-state index in [1.807, 2.05) is 30.9 Å². The topological polar surface area (TPSA) is 89.4 Å². The van der Waals surface area contributed by atoms with Gasteiger partial charge in [0.15, 0.2) is 0 Å². The van der Waals surface area contributed by atoms with Crippen LogP contribution in [0.4, 0.5) is 5.69 Å². The summed E-state index contributed by atoms with van der Waals surface area (Å²) in [4.78, 5) is 20.7. The Balaban J connectivity index is 1.36. The molecule has 3 aromatic rings. The number of hydrogen-bond donors (Lipinski definition) is 3. The van der Waals surface area contributed by atoms with Crippen LogP contribution in [0, 0.1) is 6.92 Å². The van der Waals surface area contributed by atoms with Gasteiger partial charge in [-0.1, -0.05) is 24.3 Å². The lowest BCUT2D eigenvalue weighted by Gasteiger charge is -2.40. The van der Waals surface area contributed by atoms with Gasteiger partial charge in [0.25, 0.3) is 5.56 Å². The van der Waals surface area contributed by atoms with Crippen molar-refractivity contribution in [1.29, 1.82) is 0 Å². The van der Waals surface area contributed by atoms with Gasteiger partial charge in [-0.2, -0.15) is 5.10 Å². The molecule has 3 N–H and O–H groups in total. The van der Waals surface area contributed by atoms with Gasteiger partial charge >= 0.3 is 0 Å². The number of anilines is 1. The first kappa shape index (κ1) is 27.4. The number of nitrogens with one attached hydrogen (secondary N) is 2. The molecule has 0 spiro atoms. The number of aromatic amines is 1. The molecule has 0 radical (unpaired) electrons. The Bertz CT molecular complexity index is 1350. The van der Waals surface area contributed by atoms with Crippen molar-refractivity contribution in [3.05, 3.63) is 92.7 Å². The number of aliphatic hydroxyl groups is 1. The Kier molecular flexibility index (Phi) is 8.65. The minimum absolute atomic E-state index is 0.0775. The summed E-state index contributed by atoms with van der Waals surface area (Å²) < 4.78 is 1.87. The number of hydrogen-bond acceptors (Lipinski definition) is 6. The fourth-order valence-electron chi connectivity index (χ4n) is 6.20. The molecule has 1 fully saturated rings. The van der Waals surface area contributed by atoms with Gasteiger partial charge in [0.1, 0.15) is 6.23 Å². The number of aromatic nitrogens is 3. The van der Waals surface area contributed by atoms with E-state index in [9.17, 15) is 9.90 Å². The van der Waals surface area contributed by atoms with E-state index in [2.05, 4.69) is 68.5 Å². The summed E-state index contributed by atoms with van der Waals surface area (Å²) in [6.07, 6.45) is 10.2. The van der Waals surface area contributed by atoms with Crippen LogP contribution in [0.25, 0.3) is 0 Å². The van der Waals surface area contributed by atoms with Crippen LogP contribution >= 0.6 is 0 Å². The summed E-state index contributed by atoms with van der Waals surface area (Å²) in [6, 6.07) is 10.9. The number of pyridine rings is 1. The number of rotatable bonds is 5. The largest absolute Gasteiger partial charge is 0.374 e.